The van der Waals surface area contributed by atoms with Crippen molar-refractivity contribution >= 4 is 11.7 Å². The highest BCUT2D eigenvalue weighted by Crippen LogP contribution is 2.21. The fourth-order valence-corrected chi connectivity index (χ4v) is 1.94. The van der Waals surface area contributed by atoms with Crippen molar-refractivity contribution in [2.24, 2.45) is 0 Å². The van der Waals surface area contributed by atoms with Gasteiger partial charge in [0, 0.05) is 5.69 Å². The van der Waals surface area contributed by atoms with E-state index in [1.165, 1.54) is 11.6 Å². The van der Waals surface area contributed by atoms with Crippen molar-refractivity contribution in [3.8, 4) is 0 Å². The predicted molar refractivity (Wildman–Crippen MR) is 78.1 cm³/mol. The third-order valence-electron chi connectivity index (χ3n) is 3.43. The first kappa shape index (κ1) is 14.2. The summed E-state index contributed by atoms with van der Waals surface area (Å²) in [5.41, 5.74) is 2.31. The van der Waals surface area contributed by atoms with E-state index in [0.29, 0.717) is 18.2 Å². The third kappa shape index (κ3) is 3.41. The van der Waals surface area contributed by atoms with E-state index in [2.05, 4.69) is 31.3 Å². The lowest BCUT2D eigenvalue weighted by molar-refractivity contribution is 0.0660. The largest absolute Gasteiger partial charge is 0.475 e. The molecule has 1 heterocycles. The minimum Gasteiger partial charge on any atom is -0.475 e. The van der Waals surface area contributed by atoms with E-state index < -0.39 is 5.97 Å². The third-order valence-corrected chi connectivity index (χ3v) is 3.43. The number of carboxylic acid groups (broad SMARTS) is 1. The van der Waals surface area contributed by atoms with Crippen LogP contribution in [0.5, 0.6) is 0 Å². The standard InChI is InChI=1S/C16H19NO3/c1-3-11(2)12-4-6-13(7-5-12)17-10-14-8-9-15(20-14)16(18)19/h4-9,11,17H,3,10H2,1-2H3,(H,18,19)/t11-/m0/s1. The van der Waals surface area contributed by atoms with E-state index in [1.54, 1.807) is 6.07 Å². The van der Waals surface area contributed by atoms with Crippen LogP contribution in [0.25, 0.3) is 0 Å². The number of benzene rings is 1. The van der Waals surface area contributed by atoms with Gasteiger partial charge in [0.15, 0.2) is 0 Å². The maximum atomic E-state index is 10.7. The Morgan fingerprint density at radius 2 is 1.95 bits per heavy atom. The number of rotatable bonds is 6. The Labute approximate surface area is 118 Å². The van der Waals surface area contributed by atoms with Gasteiger partial charge < -0.3 is 14.8 Å². The molecule has 0 fully saturated rings. The summed E-state index contributed by atoms with van der Waals surface area (Å²) in [5, 5.41) is 12.0. The second-order valence-electron chi connectivity index (χ2n) is 4.86. The Kier molecular flexibility index (Phi) is 4.45. The topological polar surface area (TPSA) is 62.5 Å². The van der Waals surface area contributed by atoms with Gasteiger partial charge in [-0.1, -0.05) is 26.0 Å². The summed E-state index contributed by atoms with van der Waals surface area (Å²) in [6, 6.07) is 11.4. The molecule has 4 heteroatoms. The summed E-state index contributed by atoms with van der Waals surface area (Å²) in [6.07, 6.45) is 1.12. The van der Waals surface area contributed by atoms with Gasteiger partial charge in [0.05, 0.1) is 6.54 Å². The highest BCUT2D eigenvalue weighted by Gasteiger charge is 2.08. The number of furan rings is 1. The quantitative estimate of drug-likeness (QED) is 0.831. The van der Waals surface area contributed by atoms with Gasteiger partial charge in [0.2, 0.25) is 5.76 Å². The zero-order valence-corrected chi connectivity index (χ0v) is 11.7. The molecule has 0 saturated heterocycles. The van der Waals surface area contributed by atoms with Crippen LogP contribution in [0.1, 0.15) is 48.1 Å². The number of carboxylic acids is 1. The molecule has 0 unspecified atom stereocenters. The van der Waals surface area contributed by atoms with Crippen LogP contribution in [-0.4, -0.2) is 11.1 Å². The van der Waals surface area contributed by atoms with Crippen LogP contribution in [0.4, 0.5) is 5.69 Å². The number of anilines is 1. The SMILES string of the molecule is CC[C@H](C)c1ccc(NCc2ccc(C(=O)O)o2)cc1. The number of carbonyl (C=O) groups is 1. The summed E-state index contributed by atoms with van der Waals surface area (Å²) in [6.45, 7) is 4.85. The Morgan fingerprint density at radius 3 is 2.50 bits per heavy atom. The molecule has 2 N–H and O–H groups in total. The molecule has 106 valence electrons. The van der Waals surface area contributed by atoms with Crippen LogP contribution in [0.2, 0.25) is 0 Å². The average Bonchev–Trinajstić information content (AvgIpc) is 2.94. The lowest BCUT2D eigenvalue weighted by Crippen LogP contribution is -1.99. The fourth-order valence-electron chi connectivity index (χ4n) is 1.94. The van der Waals surface area contributed by atoms with Crippen LogP contribution >= 0.6 is 0 Å². The van der Waals surface area contributed by atoms with E-state index in [-0.39, 0.29) is 5.76 Å². The van der Waals surface area contributed by atoms with Gasteiger partial charge in [-0.3, -0.25) is 0 Å². The molecule has 20 heavy (non-hydrogen) atoms. The number of hydrogen-bond donors (Lipinski definition) is 2. The van der Waals surface area contributed by atoms with E-state index in [4.69, 9.17) is 9.52 Å². The van der Waals surface area contributed by atoms with E-state index in [1.807, 2.05) is 12.1 Å². The smallest absolute Gasteiger partial charge is 0.371 e. The maximum Gasteiger partial charge on any atom is 0.371 e. The van der Waals surface area contributed by atoms with E-state index in [9.17, 15) is 4.79 Å². The summed E-state index contributed by atoms with van der Waals surface area (Å²) in [7, 11) is 0. The number of nitrogens with one attached hydrogen (secondary N) is 1. The van der Waals surface area contributed by atoms with Gasteiger partial charge in [0.1, 0.15) is 5.76 Å². The van der Waals surface area contributed by atoms with Crippen molar-refractivity contribution in [2.45, 2.75) is 32.7 Å². The maximum absolute atomic E-state index is 10.7. The zero-order valence-electron chi connectivity index (χ0n) is 11.7. The zero-order chi connectivity index (χ0) is 14.5. The van der Waals surface area contributed by atoms with Crippen molar-refractivity contribution in [3.63, 3.8) is 0 Å². The number of aromatic carboxylic acids is 1. The van der Waals surface area contributed by atoms with Crippen molar-refractivity contribution < 1.29 is 14.3 Å². The van der Waals surface area contributed by atoms with Crippen LogP contribution in [-0.2, 0) is 6.54 Å². The van der Waals surface area contributed by atoms with Gasteiger partial charge in [-0.2, -0.15) is 0 Å². The van der Waals surface area contributed by atoms with Crippen LogP contribution in [0.3, 0.4) is 0 Å². The molecule has 0 aliphatic carbocycles. The minimum atomic E-state index is -1.05. The highest BCUT2D eigenvalue weighted by molar-refractivity contribution is 5.84. The molecule has 1 aromatic carbocycles. The Morgan fingerprint density at radius 1 is 1.25 bits per heavy atom. The van der Waals surface area contributed by atoms with Crippen LogP contribution in [0, 0.1) is 0 Å². The van der Waals surface area contributed by atoms with Gasteiger partial charge in [-0.25, -0.2) is 4.79 Å². The Hall–Kier alpha value is -2.23. The van der Waals surface area contributed by atoms with Crippen LogP contribution < -0.4 is 5.32 Å². The molecule has 0 amide bonds. The molecule has 4 nitrogen and oxygen atoms in total. The molecule has 2 rings (SSSR count). The molecule has 0 spiro atoms. The van der Waals surface area contributed by atoms with Gasteiger partial charge in [0.25, 0.3) is 0 Å². The molecule has 0 bridgehead atoms. The second-order valence-corrected chi connectivity index (χ2v) is 4.86. The molecule has 0 saturated carbocycles. The molecule has 0 aliphatic heterocycles. The average molecular weight is 273 g/mol. The molecule has 1 aromatic heterocycles. The first-order chi connectivity index (χ1) is 9.60. The van der Waals surface area contributed by atoms with Gasteiger partial charge in [-0.15, -0.1) is 0 Å². The summed E-state index contributed by atoms with van der Waals surface area (Å²) in [5.74, 6) is 0.0868. The molecule has 1 atom stereocenters. The number of hydrogen-bond acceptors (Lipinski definition) is 3. The summed E-state index contributed by atoms with van der Waals surface area (Å²) >= 11 is 0. The van der Waals surface area contributed by atoms with E-state index in [0.717, 1.165) is 12.1 Å². The lowest BCUT2D eigenvalue weighted by Gasteiger charge is -2.10. The van der Waals surface area contributed by atoms with Crippen molar-refractivity contribution in [3.05, 3.63) is 53.5 Å². The monoisotopic (exact) mass is 273 g/mol. The minimum absolute atomic E-state index is 0.0334. The first-order valence-electron chi connectivity index (χ1n) is 6.76. The molecule has 0 aliphatic rings. The Balaban J connectivity index is 1.94. The normalized spacial score (nSPS) is 12.1. The summed E-state index contributed by atoms with van der Waals surface area (Å²) < 4.78 is 5.18. The predicted octanol–water partition coefficient (Wildman–Crippen LogP) is 4.10. The summed E-state index contributed by atoms with van der Waals surface area (Å²) in [4.78, 5) is 10.7. The van der Waals surface area contributed by atoms with Crippen molar-refractivity contribution in [1.82, 2.24) is 0 Å². The van der Waals surface area contributed by atoms with Crippen molar-refractivity contribution in [2.75, 3.05) is 5.32 Å². The van der Waals surface area contributed by atoms with E-state index >= 15 is 0 Å². The second kappa shape index (κ2) is 6.28. The molecule has 2 aromatic rings. The van der Waals surface area contributed by atoms with Gasteiger partial charge in [-0.05, 0) is 42.2 Å². The van der Waals surface area contributed by atoms with Crippen LogP contribution in [0.15, 0.2) is 40.8 Å². The van der Waals surface area contributed by atoms with Crippen molar-refractivity contribution in [1.29, 1.82) is 0 Å². The van der Waals surface area contributed by atoms with Gasteiger partial charge >= 0.3 is 5.97 Å². The lowest BCUT2D eigenvalue weighted by atomic mass is 9.99. The first-order valence-corrected chi connectivity index (χ1v) is 6.76. The molecular formula is C16H19NO3. The fraction of sp³-hybridized carbons (Fsp3) is 0.312. The highest BCUT2D eigenvalue weighted by atomic mass is 16.4. The Bertz CT molecular complexity index is 572. The molecule has 0 radical (unpaired) electrons. The molecular weight excluding hydrogens is 254 g/mol.